The highest BCUT2D eigenvalue weighted by Gasteiger charge is 2.13. The number of hydrogen-bond donors (Lipinski definition) is 0. The normalized spacial score (nSPS) is 11.6. The Bertz CT molecular complexity index is 525. The molecule has 0 bridgehead atoms. The summed E-state index contributed by atoms with van der Waals surface area (Å²) < 4.78 is 0. The molecule has 1 aromatic heterocycles. The Morgan fingerprint density at radius 1 is 0.889 bits per heavy atom. The van der Waals surface area contributed by atoms with Gasteiger partial charge in [0, 0.05) is 11.3 Å². The second kappa shape index (κ2) is 4.56. The van der Waals surface area contributed by atoms with Crippen LogP contribution >= 0.6 is 0 Å². The van der Waals surface area contributed by atoms with Crippen LogP contribution in [0.15, 0.2) is 36.4 Å². The highest BCUT2D eigenvalue weighted by Crippen LogP contribution is 2.25. The molecule has 0 aliphatic carbocycles. The Balaban J connectivity index is 2.40. The van der Waals surface area contributed by atoms with Crippen molar-refractivity contribution in [3.05, 3.63) is 53.2 Å². The van der Waals surface area contributed by atoms with E-state index in [4.69, 9.17) is 0 Å². The molecule has 1 heterocycles. The smallest absolute Gasteiger partial charge is 0.0707 e. The maximum atomic E-state index is 4.60. The van der Waals surface area contributed by atoms with Crippen molar-refractivity contribution < 1.29 is 0 Å². The zero-order valence-corrected chi connectivity index (χ0v) is 11.9. The highest BCUT2D eigenvalue weighted by molar-refractivity contribution is 5.60. The molecule has 0 radical (unpaired) electrons. The van der Waals surface area contributed by atoms with Gasteiger partial charge in [-0.05, 0) is 42.5 Å². The maximum absolute atomic E-state index is 4.60. The summed E-state index contributed by atoms with van der Waals surface area (Å²) in [6.07, 6.45) is 0. The minimum atomic E-state index is 0.203. The SMILES string of the molecule is Cc1cc(C)nc(-c2ccc(C(C)(C)C)cc2)c1. The lowest BCUT2D eigenvalue weighted by atomic mass is 9.86. The van der Waals surface area contributed by atoms with Crippen LogP contribution in [0.1, 0.15) is 37.6 Å². The summed E-state index contributed by atoms with van der Waals surface area (Å²) in [6.45, 7) is 10.9. The predicted octanol–water partition coefficient (Wildman–Crippen LogP) is 4.66. The minimum Gasteiger partial charge on any atom is -0.253 e. The zero-order valence-electron chi connectivity index (χ0n) is 11.9. The van der Waals surface area contributed by atoms with Crippen molar-refractivity contribution in [3.8, 4) is 11.3 Å². The number of aryl methyl sites for hydroxylation is 2. The average molecular weight is 239 g/mol. The van der Waals surface area contributed by atoms with Gasteiger partial charge in [0.05, 0.1) is 5.69 Å². The third-order valence-electron chi connectivity index (χ3n) is 3.14. The molecule has 0 unspecified atom stereocenters. The fourth-order valence-corrected chi connectivity index (χ4v) is 2.13. The molecule has 0 saturated heterocycles. The molecular weight excluding hydrogens is 218 g/mol. The van der Waals surface area contributed by atoms with Crippen LogP contribution in [0.25, 0.3) is 11.3 Å². The number of rotatable bonds is 1. The number of benzene rings is 1. The van der Waals surface area contributed by atoms with Crippen molar-refractivity contribution in [2.24, 2.45) is 0 Å². The van der Waals surface area contributed by atoms with Gasteiger partial charge in [0.25, 0.3) is 0 Å². The van der Waals surface area contributed by atoms with Crippen LogP contribution in [0.2, 0.25) is 0 Å². The number of pyridine rings is 1. The second-order valence-electron chi connectivity index (χ2n) is 6.00. The molecule has 0 fully saturated rings. The molecule has 2 rings (SSSR count). The van der Waals surface area contributed by atoms with Gasteiger partial charge < -0.3 is 0 Å². The Labute approximate surface area is 110 Å². The van der Waals surface area contributed by atoms with Gasteiger partial charge in [-0.2, -0.15) is 0 Å². The van der Waals surface area contributed by atoms with Crippen molar-refractivity contribution in [2.75, 3.05) is 0 Å². The molecule has 0 aliphatic heterocycles. The van der Waals surface area contributed by atoms with E-state index in [1.165, 1.54) is 16.7 Å². The monoisotopic (exact) mass is 239 g/mol. The van der Waals surface area contributed by atoms with Crippen LogP contribution in [0, 0.1) is 13.8 Å². The van der Waals surface area contributed by atoms with Crippen molar-refractivity contribution in [1.82, 2.24) is 4.98 Å². The third-order valence-corrected chi connectivity index (χ3v) is 3.14. The predicted molar refractivity (Wildman–Crippen MR) is 77.8 cm³/mol. The van der Waals surface area contributed by atoms with E-state index in [-0.39, 0.29) is 5.41 Å². The Hall–Kier alpha value is -1.63. The van der Waals surface area contributed by atoms with Crippen LogP contribution in [-0.2, 0) is 5.41 Å². The molecule has 2 aromatic rings. The van der Waals surface area contributed by atoms with Crippen LogP contribution in [0.3, 0.4) is 0 Å². The van der Waals surface area contributed by atoms with Gasteiger partial charge in [0.1, 0.15) is 0 Å². The first-order valence-electron chi connectivity index (χ1n) is 6.42. The largest absolute Gasteiger partial charge is 0.253 e. The van der Waals surface area contributed by atoms with Crippen molar-refractivity contribution in [1.29, 1.82) is 0 Å². The summed E-state index contributed by atoms with van der Waals surface area (Å²) >= 11 is 0. The van der Waals surface area contributed by atoms with E-state index in [9.17, 15) is 0 Å². The van der Waals surface area contributed by atoms with E-state index in [1.54, 1.807) is 0 Å². The molecule has 1 heteroatoms. The van der Waals surface area contributed by atoms with Crippen LogP contribution in [0.4, 0.5) is 0 Å². The topological polar surface area (TPSA) is 12.9 Å². The minimum absolute atomic E-state index is 0.203. The first kappa shape index (κ1) is 12.8. The van der Waals surface area contributed by atoms with Gasteiger partial charge in [0.2, 0.25) is 0 Å². The van der Waals surface area contributed by atoms with Crippen molar-refractivity contribution in [2.45, 2.75) is 40.0 Å². The van der Waals surface area contributed by atoms with Crippen molar-refractivity contribution >= 4 is 0 Å². The van der Waals surface area contributed by atoms with Gasteiger partial charge in [-0.25, -0.2) is 0 Å². The Morgan fingerprint density at radius 3 is 2.00 bits per heavy atom. The molecule has 18 heavy (non-hydrogen) atoms. The summed E-state index contributed by atoms with van der Waals surface area (Å²) in [5.74, 6) is 0. The lowest BCUT2D eigenvalue weighted by Gasteiger charge is -2.19. The van der Waals surface area contributed by atoms with E-state index < -0.39 is 0 Å². The van der Waals surface area contributed by atoms with E-state index >= 15 is 0 Å². The lowest BCUT2D eigenvalue weighted by molar-refractivity contribution is 0.590. The van der Waals surface area contributed by atoms with Crippen molar-refractivity contribution in [3.63, 3.8) is 0 Å². The average Bonchev–Trinajstić information content (AvgIpc) is 2.27. The van der Waals surface area contributed by atoms with Gasteiger partial charge in [-0.15, -0.1) is 0 Å². The van der Waals surface area contributed by atoms with Crippen LogP contribution in [0.5, 0.6) is 0 Å². The molecule has 0 N–H and O–H groups in total. The molecule has 0 aliphatic rings. The first-order valence-corrected chi connectivity index (χ1v) is 6.42. The number of hydrogen-bond acceptors (Lipinski definition) is 1. The summed E-state index contributed by atoms with van der Waals surface area (Å²) in [5, 5.41) is 0. The molecule has 0 atom stereocenters. The Kier molecular flexibility index (Phi) is 3.25. The molecule has 1 nitrogen and oxygen atoms in total. The van der Waals surface area contributed by atoms with Gasteiger partial charge in [0.15, 0.2) is 0 Å². The van der Waals surface area contributed by atoms with Gasteiger partial charge in [-0.1, -0.05) is 45.0 Å². The number of aromatic nitrogens is 1. The quantitative estimate of drug-likeness (QED) is 0.705. The van der Waals surface area contributed by atoms with Crippen LogP contribution < -0.4 is 0 Å². The van der Waals surface area contributed by atoms with E-state index in [0.29, 0.717) is 0 Å². The first-order chi connectivity index (χ1) is 8.36. The van der Waals surface area contributed by atoms with Gasteiger partial charge >= 0.3 is 0 Å². The van der Waals surface area contributed by atoms with Crippen LogP contribution in [-0.4, -0.2) is 4.98 Å². The lowest BCUT2D eigenvalue weighted by Crippen LogP contribution is -2.10. The van der Waals surface area contributed by atoms with Gasteiger partial charge in [-0.3, -0.25) is 4.98 Å². The summed E-state index contributed by atoms with van der Waals surface area (Å²) in [5.41, 5.74) is 6.15. The molecule has 0 amide bonds. The molecule has 0 saturated carbocycles. The maximum Gasteiger partial charge on any atom is 0.0707 e. The third kappa shape index (κ3) is 2.79. The summed E-state index contributed by atoms with van der Waals surface area (Å²) in [4.78, 5) is 4.60. The molecule has 94 valence electrons. The fourth-order valence-electron chi connectivity index (χ4n) is 2.13. The van der Waals surface area contributed by atoms with E-state index in [2.05, 4.69) is 69.1 Å². The van der Waals surface area contributed by atoms with E-state index in [1.807, 2.05) is 6.92 Å². The summed E-state index contributed by atoms with van der Waals surface area (Å²) in [7, 11) is 0. The second-order valence-corrected chi connectivity index (χ2v) is 6.00. The molecule has 0 spiro atoms. The highest BCUT2D eigenvalue weighted by atomic mass is 14.7. The van der Waals surface area contributed by atoms with E-state index in [0.717, 1.165) is 11.4 Å². The zero-order chi connectivity index (χ0) is 13.3. The molecular formula is C17H21N. The Morgan fingerprint density at radius 2 is 1.50 bits per heavy atom. The fraction of sp³-hybridized carbons (Fsp3) is 0.353. The summed E-state index contributed by atoms with van der Waals surface area (Å²) in [6, 6.07) is 13.0. The molecule has 1 aromatic carbocycles. The standard InChI is InChI=1S/C17H21N/c1-12-10-13(2)18-16(11-12)14-6-8-15(9-7-14)17(3,4)5/h6-11H,1-5H3. The number of nitrogens with zero attached hydrogens (tertiary/aromatic N) is 1.